The van der Waals surface area contributed by atoms with Gasteiger partial charge in [0.2, 0.25) is 4.45 Å². The zero-order chi connectivity index (χ0) is 7.15. The van der Waals surface area contributed by atoms with Crippen LogP contribution in [0.1, 0.15) is 6.92 Å². The van der Waals surface area contributed by atoms with Gasteiger partial charge in [-0.15, -0.1) is 0 Å². The second-order valence-corrected chi connectivity index (χ2v) is 1.97. The quantitative estimate of drug-likeness (QED) is 0.457. The van der Waals surface area contributed by atoms with Crippen molar-refractivity contribution in [3.05, 3.63) is 0 Å². The molecule has 0 aliphatic heterocycles. The SMILES string of the molecule is CC(=O)O.O=C(S)S. The van der Waals surface area contributed by atoms with Gasteiger partial charge in [-0.1, -0.05) is 25.3 Å². The standard InChI is InChI=1S/C2H4O2.CH2OS2/c1-2(3)4;2-1(3)4/h1H3,(H,3,4);(H2,2,3,4). The first-order chi connectivity index (χ1) is 3.46. The van der Waals surface area contributed by atoms with Crippen LogP contribution < -0.4 is 0 Å². The van der Waals surface area contributed by atoms with Crippen molar-refractivity contribution in [2.24, 2.45) is 0 Å². The van der Waals surface area contributed by atoms with E-state index in [9.17, 15) is 4.79 Å². The molecule has 0 aromatic carbocycles. The number of aliphatic carboxylic acids is 1. The molecular formula is C3H6O3S2. The van der Waals surface area contributed by atoms with E-state index in [-0.39, 0.29) is 0 Å². The van der Waals surface area contributed by atoms with Gasteiger partial charge in [0.1, 0.15) is 0 Å². The summed E-state index contributed by atoms with van der Waals surface area (Å²) in [5, 5.41) is 7.42. The Bertz CT molecular complexity index is 70.5. The van der Waals surface area contributed by atoms with Gasteiger partial charge in [0.25, 0.3) is 5.97 Å². The highest BCUT2D eigenvalue weighted by Gasteiger charge is 1.65. The molecule has 8 heavy (non-hydrogen) atoms. The third-order valence-corrected chi connectivity index (χ3v) is 0. The fourth-order valence-electron chi connectivity index (χ4n) is 0. The van der Waals surface area contributed by atoms with E-state index >= 15 is 0 Å². The van der Waals surface area contributed by atoms with Gasteiger partial charge in [0.05, 0.1) is 0 Å². The molecule has 0 unspecified atom stereocenters. The van der Waals surface area contributed by atoms with Gasteiger partial charge in [-0.25, -0.2) is 0 Å². The lowest BCUT2D eigenvalue weighted by atomic mass is 10.9. The van der Waals surface area contributed by atoms with Gasteiger partial charge in [-0.3, -0.25) is 9.59 Å². The second-order valence-electron chi connectivity index (χ2n) is 0.802. The lowest BCUT2D eigenvalue weighted by Gasteiger charge is -1.59. The summed E-state index contributed by atoms with van der Waals surface area (Å²) in [6.45, 7) is 1.08. The summed E-state index contributed by atoms with van der Waals surface area (Å²) in [7, 11) is 0. The van der Waals surface area contributed by atoms with E-state index in [0.717, 1.165) is 6.92 Å². The fraction of sp³-hybridized carbons (Fsp3) is 0.333. The molecule has 48 valence electrons. The van der Waals surface area contributed by atoms with Gasteiger partial charge in [0.15, 0.2) is 0 Å². The summed E-state index contributed by atoms with van der Waals surface area (Å²) in [5.74, 6) is -0.833. The van der Waals surface area contributed by atoms with E-state index in [1.54, 1.807) is 0 Å². The largest absolute Gasteiger partial charge is 0.481 e. The van der Waals surface area contributed by atoms with Gasteiger partial charge >= 0.3 is 0 Å². The molecule has 0 spiro atoms. The molecular weight excluding hydrogens is 148 g/mol. The van der Waals surface area contributed by atoms with Gasteiger partial charge in [-0.05, 0) is 0 Å². The molecule has 0 amide bonds. The maximum absolute atomic E-state index is 9.17. The molecule has 0 fully saturated rings. The Morgan fingerprint density at radius 2 is 1.38 bits per heavy atom. The first kappa shape index (κ1) is 10.8. The maximum atomic E-state index is 9.17. The van der Waals surface area contributed by atoms with Gasteiger partial charge < -0.3 is 5.11 Å². The van der Waals surface area contributed by atoms with Gasteiger partial charge in [-0.2, -0.15) is 0 Å². The van der Waals surface area contributed by atoms with Crippen molar-refractivity contribution < 1.29 is 14.7 Å². The topological polar surface area (TPSA) is 54.4 Å². The van der Waals surface area contributed by atoms with Crippen molar-refractivity contribution in [3.8, 4) is 0 Å². The van der Waals surface area contributed by atoms with Crippen LogP contribution in [0.2, 0.25) is 0 Å². The number of rotatable bonds is 0. The molecule has 0 aliphatic carbocycles. The van der Waals surface area contributed by atoms with Crippen LogP contribution in [-0.2, 0) is 4.79 Å². The molecule has 0 radical (unpaired) electrons. The Morgan fingerprint density at radius 1 is 1.38 bits per heavy atom. The highest BCUT2D eigenvalue weighted by Crippen LogP contribution is 1.81. The van der Waals surface area contributed by atoms with E-state index in [0.29, 0.717) is 0 Å². The average Bonchev–Trinajstić information content (AvgIpc) is 1.25. The summed E-state index contributed by atoms with van der Waals surface area (Å²) in [6.07, 6.45) is 0. The number of hydrogen-bond donors (Lipinski definition) is 3. The van der Waals surface area contributed by atoms with Crippen LogP contribution in [0.3, 0.4) is 0 Å². The van der Waals surface area contributed by atoms with Crippen LogP contribution in [0.15, 0.2) is 0 Å². The minimum Gasteiger partial charge on any atom is -0.481 e. The van der Waals surface area contributed by atoms with E-state index in [1.165, 1.54) is 0 Å². The first-order valence-corrected chi connectivity index (χ1v) is 2.47. The molecule has 0 saturated heterocycles. The molecule has 0 bridgehead atoms. The highest BCUT2D eigenvalue weighted by atomic mass is 32.2. The van der Waals surface area contributed by atoms with Crippen LogP contribution >= 0.6 is 25.3 Å². The predicted molar refractivity (Wildman–Crippen MR) is 36.7 cm³/mol. The van der Waals surface area contributed by atoms with E-state index in [1.807, 2.05) is 0 Å². The van der Waals surface area contributed by atoms with Crippen molar-refractivity contribution in [3.63, 3.8) is 0 Å². The minimum absolute atomic E-state index is 0.444. The summed E-state index contributed by atoms with van der Waals surface area (Å²) >= 11 is 6.38. The maximum Gasteiger partial charge on any atom is 0.300 e. The molecule has 0 aromatic heterocycles. The van der Waals surface area contributed by atoms with Crippen LogP contribution in [0.25, 0.3) is 0 Å². The van der Waals surface area contributed by atoms with Gasteiger partial charge in [0, 0.05) is 6.92 Å². The van der Waals surface area contributed by atoms with Crippen LogP contribution in [0.4, 0.5) is 4.79 Å². The number of carbonyl (C=O) groups is 2. The third-order valence-electron chi connectivity index (χ3n) is 0. The molecule has 0 saturated carbocycles. The molecule has 1 N–H and O–H groups in total. The molecule has 0 aliphatic rings. The normalized spacial score (nSPS) is 6.38. The number of thiol groups is 2. The third kappa shape index (κ3) is 5340. The zero-order valence-electron chi connectivity index (χ0n) is 4.16. The predicted octanol–water partition coefficient (Wildman–Crippen LogP) is 1.06. The first-order valence-electron chi connectivity index (χ1n) is 1.58. The zero-order valence-corrected chi connectivity index (χ0v) is 5.95. The Morgan fingerprint density at radius 3 is 1.38 bits per heavy atom. The summed E-state index contributed by atoms with van der Waals surface area (Å²) in [5.41, 5.74) is 0. The Labute approximate surface area is 57.9 Å². The van der Waals surface area contributed by atoms with Crippen LogP contribution in [0.5, 0.6) is 0 Å². The van der Waals surface area contributed by atoms with Crippen molar-refractivity contribution in [2.45, 2.75) is 6.92 Å². The minimum atomic E-state index is -0.833. The number of carbonyl (C=O) groups excluding carboxylic acids is 1. The smallest absolute Gasteiger partial charge is 0.300 e. The average molecular weight is 154 g/mol. The van der Waals surface area contributed by atoms with E-state index in [4.69, 9.17) is 9.90 Å². The van der Waals surface area contributed by atoms with Crippen LogP contribution in [-0.4, -0.2) is 15.5 Å². The lowest BCUT2D eigenvalue weighted by molar-refractivity contribution is -0.134. The molecule has 0 atom stereocenters. The second kappa shape index (κ2) is 6.84. The van der Waals surface area contributed by atoms with E-state index < -0.39 is 10.4 Å². The Balaban J connectivity index is 0. The highest BCUT2D eigenvalue weighted by molar-refractivity contribution is 8.23. The van der Waals surface area contributed by atoms with Crippen molar-refractivity contribution in [2.75, 3.05) is 0 Å². The summed E-state index contributed by atoms with van der Waals surface area (Å²) in [6, 6.07) is 0. The summed E-state index contributed by atoms with van der Waals surface area (Å²) in [4.78, 5) is 18.2. The molecule has 0 aromatic rings. The van der Waals surface area contributed by atoms with Crippen molar-refractivity contribution in [1.29, 1.82) is 0 Å². The number of hydrogen-bond acceptors (Lipinski definition) is 2. The fourth-order valence-corrected chi connectivity index (χ4v) is 0. The Kier molecular flexibility index (Phi) is 9.20. The van der Waals surface area contributed by atoms with Crippen molar-refractivity contribution in [1.82, 2.24) is 0 Å². The lowest BCUT2D eigenvalue weighted by Crippen LogP contribution is -1.78. The molecule has 0 heterocycles. The number of carboxylic acid groups (broad SMARTS) is 1. The molecule has 5 heteroatoms. The van der Waals surface area contributed by atoms with Crippen molar-refractivity contribution >= 4 is 35.7 Å². The molecule has 0 rings (SSSR count). The van der Waals surface area contributed by atoms with Crippen LogP contribution in [0, 0.1) is 0 Å². The summed E-state index contributed by atoms with van der Waals surface area (Å²) < 4.78 is -0.444. The molecule has 3 nitrogen and oxygen atoms in total. The Hall–Kier alpha value is -0.160. The van der Waals surface area contributed by atoms with E-state index in [2.05, 4.69) is 25.3 Å². The number of carboxylic acids is 1. The monoisotopic (exact) mass is 154 g/mol.